The zero-order valence-corrected chi connectivity index (χ0v) is 17.7. The number of fused-ring (bicyclic) bond motifs is 1. The number of alkyl halides is 3. The first-order chi connectivity index (χ1) is 15.4. The summed E-state index contributed by atoms with van der Waals surface area (Å²) in [6, 6.07) is 11.7. The Kier molecular flexibility index (Phi) is 5.29. The van der Waals surface area contributed by atoms with Crippen molar-refractivity contribution in [2.24, 2.45) is 0 Å². The van der Waals surface area contributed by atoms with Crippen LogP contribution in [0.4, 0.5) is 13.2 Å². The molecule has 5 rings (SSSR count). The maximum Gasteiger partial charge on any atom is 0.417 e. The van der Waals surface area contributed by atoms with E-state index in [9.17, 15) is 13.2 Å². The van der Waals surface area contributed by atoms with Crippen LogP contribution in [-0.2, 0) is 6.18 Å². The smallest absolute Gasteiger partial charge is 0.417 e. The van der Waals surface area contributed by atoms with Crippen molar-refractivity contribution in [2.45, 2.75) is 38.0 Å². The van der Waals surface area contributed by atoms with Gasteiger partial charge >= 0.3 is 6.18 Å². The van der Waals surface area contributed by atoms with Gasteiger partial charge in [0.05, 0.1) is 33.7 Å². The number of pyridine rings is 2. The fraction of sp³-hybridized carbons (Fsp3) is 0.250. The molecule has 0 N–H and O–H groups in total. The highest BCUT2D eigenvalue weighted by Gasteiger charge is 2.30. The van der Waals surface area contributed by atoms with E-state index in [2.05, 4.69) is 9.97 Å². The van der Waals surface area contributed by atoms with Crippen molar-refractivity contribution >= 4 is 22.5 Å². The van der Waals surface area contributed by atoms with E-state index in [4.69, 9.17) is 16.3 Å². The van der Waals surface area contributed by atoms with E-state index in [1.165, 1.54) is 18.9 Å². The zero-order chi connectivity index (χ0) is 22.3. The third-order valence-corrected chi connectivity index (χ3v) is 6.03. The van der Waals surface area contributed by atoms with Crippen molar-refractivity contribution in [3.63, 3.8) is 0 Å². The maximum absolute atomic E-state index is 12.8. The molecule has 3 heterocycles. The Morgan fingerprint density at radius 2 is 1.78 bits per heavy atom. The first-order valence-corrected chi connectivity index (χ1v) is 10.7. The summed E-state index contributed by atoms with van der Waals surface area (Å²) in [5, 5.41) is 1.30. The summed E-state index contributed by atoms with van der Waals surface area (Å²) in [5.41, 5.74) is 2.04. The summed E-state index contributed by atoms with van der Waals surface area (Å²) >= 11 is 6.48. The molecule has 1 aromatic carbocycles. The summed E-state index contributed by atoms with van der Waals surface area (Å²) < 4.78 is 46.3. The Labute approximate surface area is 187 Å². The van der Waals surface area contributed by atoms with Crippen molar-refractivity contribution in [1.29, 1.82) is 0 Å². The van der Waals surface area contributed by atoms with Crippen molar-refractivity contribution in [3.05, 3.63) is 71.6 Å². The highest BCUT2D eigenvalue weighted by Crippen LogP contribution is 2.34. The van der Waals surface area contributed by atoms with Gasteiger partial charge in [0.25, 0.3) is 0 Å². The molecule has 0 spiro atoms. The highest BCUT2D eigenvalue weighted by atomic mass is 35.5. The molecule has 8 heteroatoms. The third-order valence-electron chi connectivity index (χ3n) is 5.73. The predicted octanol–water partition coefficient (Wildman–Crippen LogP) is 7.08. The second kappa shape index (κ2) is 8.13. The zero-order valence-electron chi connectivity index (χ0n) is 16.9. The second-order valence-corrected chi connectivity index (χ2v) is 8.29. The van der Waals surface area contributed by atoms with Gasteiger partial charge in [-0.05, 0) is 56.0 Å². The van der Waals surface area contributed by atoms with E-state index in [1.54, 1.807) is 12.4 Å². The molecule has 0 bridgehead atoms. The van der Waals surface area contributed by atoms with Gasteiger partial charge in [-0.2, -0.15) is 13.2 Å². The number of hydrogen-bond acceptors (Lipinski definition) is 3. The van der Waals surface area contributed by atoms with Crippen LogP contribution in [-0.4, -0.2) is 20.6 Å². The number of nitrogens with zero attached hydrogens (tertiary/aromatic N) is 3. The third kappa shape index (κ3) is 4.05. The minimum absolute atomic E-state index is 0.243. The molecule has 0 saturated heterocycles. The van der Waals surface area contributed by atoms with Crippen LogP contribution >= 0.6 is 11.6 Å². The van der Waals surface area contributed by atoms with Gasteiger partial charge in [-0.15, -0.1) is 0 Å². The Bertz CT molecular complexity index is 1240. The van der Waals surface area contributed by atoms with Crippen molar-refractivity contribution < 1.29 is 17.9 Å². The number of rotatable bonds is 4. The molecule has 1 aliphatic carbocycles. The summed E-state index contributed by atoms with van der Waals surface area (Å²) in [6.45, 7) is 0. The average molecular weight is 458 g/mol. The number of ether oxygens (including phenoxy) is 1. The Morgan fingerprint density at radius 1 is 0.969 bits per heavy atom. The van der Waals surface area contributed by atoms with Crippen molar-refractivity contribution in [1.82, 2.24) is 14.5 Å². The van der Waals surface area contributed by atoms with Gasteiger partial charge in [0.1, 0.15) is 6.10 Å². The Hall–Kier alpha value is -3.06. The van der Waals surface area contributed by atoms with Crippen molar-refractivity contribution in [2.75, 3.05) is 0 Å². The number of aromatic nitrogens is 3. The maximum atomic E-state index is 12.8. The summed E-state index contributed by atoms with van der Waals surface area (Å²) in [5.74, 6) is 0.610. The lowest BCUT2D eigenvalue weighted by Gasteiger charge is -2.12. The molecule has 0 atom stereocenters. The number of halogens is 4. The van der Waals surface area contributed by atoms with Gasteiger partial charge in [-0.3, -0.25) is 4.98 Å². The van der Waals surface area contributed by atoms with Crippen LogP contribution in [0.5, 0.6) is 5.88 Å². The summed E-state index contributed by atoms with van der Waals surface area (Å²) in [7, 11) is 0. The predicted molar refractivity (Wildman–Crippen MR) is 117 cm³/mol. The van der Waals surface area contributed by atoms with E-state index in [0.29, 0.717) is 22.2 Å². The van der Waals surface area contributed by atoms with E-state index in [1.807, 2.05) is 34.9 Å². The van der Waals surface area contributed by atoms with Crippen LogP contribution < -0.4 is 4.74 Å². The lowest BCUT2D eigenvalue weighted by atomic mass is 10.1. The van der Waals surface area contributed by atoms with E-state index < -0.39 is 11.7 Å². The SMILES string of the molecule is FC(F)(F)c1ccc(-c2ccc3c(c2)c(Cl)cn3-c2ccc(OC3CCCC3)nc2)nc1. The molecular formula is C24H19ClF3N3O. The fourth-order valence-electron chi connectivity index (χ4n) is 4.06. The molecule has 32 heavy (non-hydrogen) atoms. The van der Waals surface area contributed by atoms with Crippen LogP contribution in [0, 0.1) is 0 Å². The Balaban J connectivity index is 1.43. The van der Waals surface area contributed by atoms with Gasteiger partial charge in [0.15, 0.2) is 0 Å². The molecular weight excluding hydrogens is 439 g/mol. The van der Waals surface area contributed by atoms with Gasteiger partial charge in [-0.1, -0.05) is 17.7 Å². The molecule has 4 nitrogen and oxygen atoms in total. The van der Waals surface area contributed by atoms with E-state index in [0.717, 1.165) is 41.7 Å². The molecule has 0 unspecified atom stereocenters. The van der Waals surface area contributed by atoms with Gasteiger partial charge in [-0.25, -0.2) is 4.98 Å². The lowest BCUT2D eigenvalue weighted by molar-refractivity contribution is -0.137. The van der Waals surface area contributed by atoms with Crippen LogP contribution in [0.15, 0.2) is 61.1 Å². The van der Waals surface area contributed by atoms with Crippen molar-refractivity contribution in [3.8, 4) is 22.8 Å². The minimum Gasteiger partial charge on any atom is -0.474 e. The molecule has 4 aromatic rings. The van der Waals surface area contributed by atoms with Crippen LogP contribution in [0.3, 0.4) is 0 Å². The number of hydrogen-bond donors (Lipinski definition) is 0. The lowest BCUT2D eigenvalue weighted by Crippen LogP contribution is -2.11. The second-order valence-electron chi connectivity index (χ2n) is 7.89. The standard InChI is InChI=1S/C24H19ClF3N3O/c25-20-14-31(17-7-10-23(30-13-17)32-18-3-1-2-4-18)22-9-5-15(11-19(20)22)21-8-6-16(12-29-21)24(26,27)28/h5-14,18H,1-4H2. The molecule has 0 radical (unpaired) electrons. The molecule has 1 fully saturated rings. The monoisotopic (exact) mass is 457 g/mol. The fourth-order valence-corrected chi connectivity index (χ4v) is 4.31. The topological polar surface area (TPSA) is 39.9 Å². The van der Waals surface area contributed by atoms with Crippen LogP contribution in [0.25, 0.3) is 27.8 Å². The summed E-state index contributed by atoms with van der Waals surface area (Å²) in [4.78, 5) is 8.41. The van der Waals surface area contributed by atoms with E-state index in [-0.39, 0.29) is 6.10 Å². The molecule has 164 valence electrons. The first-order valence-electron chi connectivity index (χ1n) is 10.4. The first kappa shape index (κ1) is 20.8. The molecule has 0 aliphatic heterocycles. The minimum atomic E-state index is -4.41. The normalized spacial score (nSPS) is 14.9. The quantitative estimate of drug-likeness (QED) is 0.328. The van der Waals surface area contributed by atoms with Gasteiger partial charge < -0.3 is 9.30 Å². The Morgan fingerprint density at radius 3 is 2.44 bits per heavy atom. The van der Waals surface area contributed by atoms with E-state index >= 15 is 0 Å². The molecule has 1 saturated carbocycles. The average Bonchev–Trinajstić information content (AvgIpc) is 3.41. The molecule has 3 aromatic heterocycles. The van der Waals surface area contributed by atoms with Gasteiger partial charge in [0, 0.05) is 29.4 Å². The number of benzene rings is 1. The van der Waals surface area contributed by atoms with Crippen LogP contribution in [0.1, 0.15) is 31.2 Å². The van der Waals surface area contributed by atoms with Gasteiger partial charge in [0.2, 0.25) is 5.88 Å². The highest BCUT2D eigenvalue weighted by molar-refractivity contribution is 6.35. The van der Waals surface area contributed by atoms with Crippen LogP contribution in [0.2, 0.25) is 5.02 Å². The molecule has 0 amide bonds. The molecule has 1 aliphatic rings. The summed E-state index contributed by atoms with van der Waals surface area (Å²) in [6.07, 6.45) is 4.73. The largest absolute Gasteiger partial charge is 0.474 e.